The number of hydrogen-bond donors (Lipinski definition) is 0. The molecule has 30 heavy (non-hydrogen) atoms. The molecule has 0 spiro atoms. The summed E-state index contributed by atoms with van der Waals surface area (Å²) in [6, 6.07) is 13.9. The van der Waals surface area contributed by atoms with Crippen LogP contribution in [0.15, 0.2) is 61.1 Å². The van der Waals surface area contributed by atoms with Crippen LogP contribution in [0.2, 0.25) is 0 Å². The number of fused-ring (bicyclic) bond motifs is 1. The van der Waals surface area contributed by atoms with Crippen LogP contribution in [0.1, 0.15) is 19.8 Å². The van der Waals surface area contributed by atoms with Gasteiger partial charge in [-0.15, -0.1) is 0 Å². The van der Waals surface area contributed by atoms with E-state index in [0.717, 1.165) is 60.6 Å². The summed E-state index contributed by atoms with van der Waals surface area (Å²) >= 11 is 0. The predicted octanol–water partition coefficient (Wildman–Crippen LogP) is 3.96. The van der Waals surface area contributed by atoms with E-state index >= 15 is 0 Å². The van der Waals surface area contributed by atoms with Crippen LogP contribution in [0.3, 0.4) is 0 Å². The molecule has 0 saturated carbocycles. The molecule has 1 saturated heterocycles. The highest BCUT2D eigenvalue weighted by Crippen LogP contribution is 2.30. The van der Waals surface area contributed by atoms with Crippen molar-refractivity contribution in [3.05, 3.63) is 61.1 Å². The van der Waals surface area contributed by atoms with E-state index in [4.69, 9.17) is 14.7 Å². The van der Waals surface area contributed by atoms with Crippen molar-refractivity contribution in [3.8, 4) is 17.1 Å². The first-order chi connectivity index (χ1) is 14.8. The molecule has 4 heterocycles. The van der Waals surface area contributed by atoms with Crippen LogP contribution in [0.25, 0.3) is 22.4 Å². The lowest BCUT2D eigenvalue weighted by Crippen LogP contribution is -2.41. The van der Waals surface area contributed by atoms with Crippen molar-refractivity contribution in [2.75, 3.05) is 18.0 Å². The summed E-state index contributed by atoms with van der Waals surface area (Å²) in [7, 11) is 0. The van der Waals surface area contributed by atoms with E-state index in [-0.39, 0.29) is 6.10 Å². The number of para-hydroxylation sites is 1. The smallest absolute Gasteiger partial charge is 0.165 e. The molecule has 0 bridgehead atoms. The third-order valence-electron chi connectivity index (χ3n) is 5.42. The number of aryl methyl sites for hydroxylation is 1. The van der Waals surface area contributed by atoms with Gasteiger partial charge in [-0.3, -0.25) is 4.98 Å². The van der Waals surface area contributed by atoms with E-state index in [1.165, 1.54) is 0 Å². The zero-order valence-electron chi connectivity index (χ0n) is 17.0. The Kier molecular flexibility index (Phi) is 5.01. The average molecular weight is 400 g/mol. The van der Waals surface area contributed by atoms with Crippen LogP contribution in [0, 0.1) is 0 Å². The Bertz CT molecular complexity index is 1130. The molecule has 1 aromatic carbocycles. The van der Waals surface area contributed by atoms with E-state index < -0.39 is 0 Å². The van der Waals surface area contributed by atoms with Gasteiger partial charge in [-0.1, -0.05) is 18.2 Å². The summed E-state index contributed by atoms with van der Waals surface area (Å²) < 4.78 is 8.16. The van der Waals surface area contributed by atoms with Crippen LogP contribution in [0.5, 0.6) is 5.75 Å². The maximum atomic E-state index is 6.24. The second-order valence-electron chi connectivity index (χ2n) is 7.45. The van der Waals surface area contributed by atoms with Crippen LogP contribution in [-0.2, 0) is 6.54 Å². The van der Waals surface area contributed by atoms with Gasteiger partial charge in [0.15, 0.2) is 11.5 Å². The van der Waals surface area contributed by atoms with Gasteiger partial charge in [-0.05, 0) is 44.0 Å². The minimum absolute atomic E-state index is 0.120. The lowest BCUT2D eigenvalue weighted by molar-refractivity contribution is 0.179. The standard InChI is InChI=1S/C23H24N6O/c1-2-29-23-20(15-25-29)22(26-21(27-23)17-8-6-12-24-14-17)28-13-7-11-19(16-28)30-18-9-4-3-5-10-18/h3-6,8-10,12,14-15,19H,2,7,11,13,16H2,1H3/t19-/m0/s1. The molecular formula is C23H24N6O. The number of hydrogen-bond acceptors (Lipinski definition) is 6. The normalized spacial score (nSPS) is 16.7. The molecular weight excluding hydrogens is 376 g/mol. The topological polar surface area (TPSA) is 69.0 Å². The van der Waals surface area contributed by atoms with E-state index in [1.807, 2.05) is 53.3 Å². The molecule has 0 aliphatic carbocycles. The van der Waals surface area contributed by atoms with Gasteiger partial charge >= 0.3 is 0 Å². The Hall–Kier alpha value is -3.48. The summed E-state index contributed by atoms with van der Waals surface area (Å²) in [5.41, 5.74) is 1.76. The monoisotopic (exact) mass is 400 g/mol. The molecule has 1 atom stereocenters. The maximum absolute atomic E-state index is 6.24. The first-order valence-electron chi connectivity index (χ1n) is 10.4. The highest BCUT2D eigenvalue weighted by molar-refractivity contribution is 5.88. The van der Waals surface area contributed by atoms with Crippen LogP contribution < -0.4 is 9.64 Å². The molecule has 7 nitrogen and oxygen atoms in total. The molecule has 0 unspecified atom stereocenters. The van der Waals surface area contributed by atoms with Gasteiger partial charge in [0.2, 0.25) is 0 Å². The highest BCUT2D eigenvalue weighted by atomic mass is 16.5. The number of aromatic nitrogens is 5. The second kappa shape index (κ2) is 8.10. The number of anilines is 1. The molecule has 152 valence electrons. The van der Waals surface area contributed by atoms with Crippen LogP contribution in [-0.4, -0.2) is 43.9 Å². The number of nitrogens with zero attached hydrogens (tertiary/aromatic N) is 6. The van der Waals surface area contributed by atoms with E-state index in [1.54, 1.807) is 12.4 Å². The first kappa shape index (κ1) is 18.5. The predicted molar refractivity (Wildman–Crippen MR) is 117 cm³/mol. The first-order valence-corrected chi connectivity index (χ1v) is 10.4. The van der Waals surface area contributed by atoms with E-state index in [0.29, 0.717) is 5.82 Å². The highest BCUT2D eigenvalue weighted by Gasteiger charge is 2.25. The summed E-state index contributed by atoms with van der Waals surface area (Å²) in [5.74, 6) is 2.50. The molecule has 0 N–H and O–H groups in total. The summed E-state index contributed by atoms with van der Waals surface area (Å²) in [5, 5.41) is 5.51. The molecule has 0 amide bonds. The van der Waals surface area contributed by atoms with Crippen molar-refractivity contribution in [3.63, 3.8) is 0 Å². The fraction of sp³-hybridized carbons (Fsp3) is 0.304. The second-order valence-corrected chi connectivity index (χ2v) is 7.45. The molecule has 1 aliphatic heterocycles. The van der Waals surface area contributed by atoms with E-state index in [2.05, 4.69) is 21.9 Å². The van der Waals surface area contributed by atoms with Crippen molar-refractivity contribution in [2.24, 2.45) is 0 Å². The van der Waals surface area contributed by atoms with Crippen LogP contribution in [0.4, 0.5) is 5.82 Å². The van der Waals surface area contributed by atoms with E-state index in [9.17, 15) is 0 Å². The molecule has 7 heteroatoms. The lowest BCUT2D eigenvalue weighted by Gasteiger charge is -2.34. The Labute approximate surface area is 175 Å². The zero-order valence-corrected chi connectivity index (χ0v) is 17.0. The molecule has 1 aliphatic rings. The Balaban J connectivity index is 1.51. The van der Waals surface area contributed by atoms with Crippen molar-refractivity contribution in [1.29, 1.82) is 0 Å². The van der Waals surface area contributed by atoms with Gasteiger partial charge in [0, 0.05) is 31.0 Å². The number of ether oxygens (including phenoxy) is 1. The molecule has 4 aromatic rings. The largest absolute Gasteiger partial charge is 0.489 e. The zero-order chi connectivity index (χ0) is 20.3. The van der Waals surface area contributed by atoms with Crippen molar-refractivity contribution < 1.29 is 4.74 Å². The SMILES string of the molecule is CCn1ncc2c(N3CCC[C@H](Oc4ccccc4)C3)nc(-c3cccnc3)nc21. The van der Waals surface area contributed by atoms with Crippen molar-refractivity contribution >= 4 is 16.9 Å². The third-order valence-corrected chi connectivity index (χ3v) is 5.42. The Morgan fingerprint density at radius 1 is 1.07 bits per heavy atom. The lowest BCUT2D eigenvalue weighted by atomic mass is 10.1. The number of rotatable bonds is 5. The van der Waals surface area contributed by atoms with Gasteiger partial charge in [-0.25, -0.2) is 14.6 Å². The minimum Gasteiger partial charge on any atom is -0.489 e. The fourth-order valence-corrected chi connectivity index (χ4v) is 3.96. The third kappa shape index (κ3) is 3.58. The Morgan fingerprint density at radius 3 is 2.77 bits per heavy atom. The average Bonchev–Trinajstić information content (AvgIpc) is 3.23. The molecule has 5 rings (SSSR count). The quantitative estimate of drug-likeness (QED) is 0.505. The summed E-state index contributed by atoms with van der Waals surface area (Å²) in [4.78, 5) is 16.3. The summed E-state index contributed by atoms with van der Waals surface area (Å²) in [6.45, 7) is 4.55. The van der Waals surface area contributed by atoms with Gasteiger partial charge in [0.05, 0.1) is 18.1 Å². The molecule has 1 fully saturated rings. The van der Waals surface area contributed by atoms with Gasteiger partial charge in [-0.2, -0.15) is 5.10 Å². The van der Waals surface area contributed by atoms with Gasteiger partial charge in [0.1, 0.15) is 17.7 Å². The van der Waals surface area contributed by atoms with Crippen LogP contribution >= 0.6 is 0 Å². The number of benzene rings is 1. The number of pyridine rings is 1. The van der Waals surface area contributed by atoms with Gasteiger partial charge < -0.3 is 9.64 Å². The van der Waals surface area contributed by atoms with Gasteiger partial charge in [0.25, 0.3) is 0 Å². The fourth-order valence-electron chi connectivity index (χ4n) is 3.96. The molecule has 3 aromatic heterocycles. The summed E-state index contributed by atoms with van der Waals surface area (Å²) in [6.07, 6.45) is 7.64. The Morgan fingerprint density at radius 2 is 1.97 bits per heavy atom. The number of piperidine rings is 1. The van der Waals surface area contributed by atoms with Crippen molar-refractivity contribution in [2.45, 2.75) is 32.4 Å². The van der Waals surface area contributed by atoms with Crippen molar-refractivity contribution in [1.82, 2.24) is 24.7 Å². The maximum Gasteiger partial charge on any atom is 0.165 e. The minimum atomic E-state index is 0.120. The molecule has 0 radical (unpaired) electrons.